The van der Waals surface area contributed by atoms with Crippen molar-refractivity contribution in [2.75, 3.05) is 18.5 Å². The number of nitrogens with zero attached hydrogens (tertiary/aromatic N) is 3. The zero-order valence-corrected chi connectivity index (χ0v) is 10.3. The van der Waals surface area contributed by atoms with E-state index in [2.05, 4.69) is 15.3 Å². The summed E-state index contributed by atoms with van der Waals surface area (Å²) in [5.41, 5.74) is 0.556. The van der Waals surface area contributed by atoms with Crippen molar-refractivity contribution >= 4 is 17.3 Å². The lowest BCUT2D eigenvalue weighted by atomic mass is 10.2. The lowest BCUT2D eigenvalue weighted by molar-refractivity contribution is -0.385. The number of hydrogen-bond donors (Lipinski definition) is 1. The molecule has 0 fully saturated rings. The van der Waals surface area contributed by atoms with Crippen molar-refractivity contribution in [3.05, 3.63) is 40.7 Å². The van der Waals surface area contributed by atoms with E-state index in [0.717, 1.165) is 12.4 Å². The fraction of sp³-hybridized carbons (Fsp3) is 0.167. The van der Waals surface area contributed by atoms with E-state index in [0.29, 0.717) is 30.4 Å². The zero-order valence-electron chi connectivity index (χ0n) is 10.3. The van der Waals surface area contributed by atoms with Crippen molar-refractivity contribution in [2.24, 2.45) is 0 Å². The Morgan fingerprint density at radius 3 is 2.55 bits per heavy atom. The predicted octanol–water partition coefficient (Wildman–Crippen LogP) is 1.90. The molecule has 2 aromatic rings. The van der Waals surface area contributed by atoms with Crippen LogP contribution in [0.15, 0.2) is 30.6 Å². The van der Waals surface area contributed by atoms with E-state index >= 15 is 0 Å². The summed E-state index contributed by atoms with van der Waals surface area (Å²) in [6, 6.07) is 5.33. The molecule has 102 valence electrons. The van der Waals surface area contributed by atoms with E-state index in [9.17, 15) is 10.1 Å². The molecule has 8 heteroatoms. The van der Waals surface area contributed by atoms with Gasteiger partial charge < -0.3 is 14.8 Å². The second-order valence-electron chi connectivity index (χ2n) is 4.01. The lowest BCUT2D eigenvalue weighted by Crippen LogP contribution is -2.15. The molecule has 1 N–H and O–H groups in total. The SMILES string of the molecule is O=[N+]([O-])c1cnc(Nc2ccc3c(c2)OCCO3)nc1. The predicted molar refractivity (Wildman–Crippen MR) is 69.4 cm³/mol. The van der Waals surface area contributed by atoms with Crippen LogP contribution in [0.25, 0.3) is 0 Å². The number of fused-ring (bicyclic) bond motifs is 1. The van der Waals surface area contributed by atoms with Crippen molar-refractivity contribution in [2.45, 2.75) is 0 Å². The normalized spacial score (nSPS) is 12.8. The molecule has 0 saturated heterocycles. The van der Waals surface area contributed by atoms with Gasteiger partial charge in [-0.1, -0.05) is 0 Å². The van der Waals surface area contributed by atoms with Gasteiger partial charge in [0.15, 0.2) is 11.5 Å². The Kier molecular flexibility index (Phi) is 3.04. The van der Waals surface area contributed by atoms with Crippen molar-refractivity contribution < 1.29 is 14.4 Å². The number of rotatable bonds is 3. The minimum atomic E-state index is -0.548. The third kappa shape index (κ3) is 2.44. The van der Waals surface area contributed by atoms with E-state index in [1.54, 1.807) is 18.2 Å². The maximum absolute atomic E-state index is 10.5. The average Bonchev–Trinajstić information content (AvgIpc) is 2.48. The summed E-state index contributed by atoms with van der Waals surface area (Å²) in [6.45, 7) is 1.04. The number of nitro groups is 1. The molecule has 20 heavy (non-hydrogen) atoms. The standard InChI is InChI=1S/C12H10N4O4/c17-16(18)9-6-13-12(14-7-9)15-8-1-2-10-11(5-8)20-4-3-19-10/h1-2,5-7H,3-4H2,(H,13,14,15). The van der Waals surface area contributed by atoms with Crippen molar-refractivity contribution in [3.63, 3.8) is 0 Å². The second-order valence-corrected chi connectivity index (χ2v) is 4.01. The van der Waals surface area contributed by atoms with Crippen LogP contribution >= 0.6 is 0 Å². The van der Waals surface area contributed by atoms with Crippen LogP contribution in [-0.4, -0.2) is 28.1 Å². The minimum absolute atomic E-state index is 0.155. The smallest absolute Gasteiger partial charge is 0.305 e. The van der Waals surface area contributed by atoms with Crippen LogP contribution in [0.3, 0.4) is 0 Å². The van der Waals surface area contributed by atoms with E-state index in [1.165, 1.54) is 0 Å². The summed E-state index contributed by atoms with van der Waals surface area (Å²) < 4.78 is 10.9. The lowest BCUT2D eigenvalue weighted by Gasteiger charge is -2.18. The maximum atomic E-state index is 10.5. The highest BCUT2D eigenvalue weighted by Gasteiger charge is 2.12. The van der Waals surface area contributed by atoms with Crippen LogP contribution in [-0.2, 0) is 0 Å². The Morgan fingerprint density at radius 1 is 1.15 bits per heavy atom. The average molecular weight is 274 g/mol. The highest BCUT2D eigenvalue weighted by Crippen LogP contribution is 2.33. The van der Waals surface area contributed by atoms with Crippen LogP contribution in [0, 0.1) is 10.1 Å². The molecule has 0 spiro atoms. The third-order valence-corrected chi connectivity index (χ3v) is 2.65. The molecule has 0 bridgehead atoms. The van der Waals surface area contributed by atoms with Gasteiger partial charge in [-0.15, -0.1) is 0 Å². The molecule has 1 aliphatic rings. The fourth-order valence-corrected chi connectivity index (χ4v) is 1.73. The van der Waals surface area contributed by atoms with Crippen LogP contribution in [0.2, 0.25) is 0 Å². The molecule has 0 aliphatic carbocycles. The monoisotopic (exact) mass is 274 g/mol. The first kappa shape index (κ1) is 12.2. The zero-order chi connectivity index (χ0) is 13.9. The Balaban J connectivity index is 1.78. The first-order valence-corrected chi connectivity index (χ1v) is 5.85. The van der Waals surface area contributed by atoms with E-state index in [1.807, 2.05) is 0 Å². The molecule has 0 atom stereocenters. The van der Waals surface area contributed by atoms with Crippen LogP contribution in [0.1, 0.15) is 0 Å². The molecule has 2 heterocycles. The quantitative estimate of drug-likeness (QED) is 0.673. The van der Waals surface area contributed by atoms with Crippen LogP contribution in [0.4, 0.5) is 17.3 Å². The van der Waals surface area contributed by atoms with Crippen molar-refractivity contribution in [1.29, 1.82) is 0 Å². The van der Waals surface area contributed by atoms with Crippen LogP contribution < -0.4 is 14.8 Å². The van der Waals surface area contributed by atoms with Crippen LogP contribution in [0.5, 0.6) is 11.5 Å². The van der Waals surface area contributed by atoms with Gasteiger partial charge in [-0.2, -0.15) is 0 Å². The van der Waals surface area contributed by atoms with E-state index < -0.39 is 4.92 Å². The molecule has 0 radical (unpaired) electrons. The van der Waals surface area contributed by atoms with Gasteiger partial charge in [-0.3, -0.25) is 10.1 Å². The van der Waals surface area contributed by atoms with Crippen molar-refractivity contribution in [3.8, 4) is 11.5 Å². The van der Waals surface area contributed by atoms with Gasteiger partial charge >= 0.3 is 5.69 Å². The highest BCUT2D eigenvalue weighted by molar-refractivity contribution is 5.60. The van der Waals surface area contributed by atoms with Gasteiger partial charge in [0.2, 0.25) is 5.95 Å². The topological polar surface area (TPSA) is 99.4 Å². The number of anilines is 2. The Hall–Kier alpha value is -2.90. The number of benzene rings is 1. The fourth-order valence-electron chi connectivity index (χ4n) is 1.73. The Bertz CT molecular complexity index is 644. The highest BCUT2D eigenvalue weighted by atomic mass is 16.6. The molecule has 1 aliphatic heterocycles. The van der Waals surface area contributed by atoms with Gasteiger partial charge in [0.05, 0.1) is 4.92 Å². The Morgan fingerprint density at radius 2 is 1.85 bits per heavy atom. The van der Waals surface area contributed by atoms with Gasteiger partial charge in [0, 0.05) is 11.8 Å². The van der Waals surface area contributed by atoms with E-state index in [-0.39, 0.29) is 11.6 Å². The molecule has 1 aromatic carbocycles. The molecule has 3 rings (SSSR count). The summed E-state index contributed by atoms with van der Waals surface area (Å²) in [5.74, 6) is 1.60. The second kappa shape index (κ2) is 5.00. The summed E-state index contributed by atoms with van der Waals surface area (Å²) >= 11 is 0. The summed E-state index contributed by atoms with van der Waals surface area (Å²) in [6.07, 6.45) is 2.29. The number of hydrogen-bond acceptors (Lipinski definition) is 7. The molecule has 0 saturated carbocycles. The molecule has 1 aromatic heterocycles. The number of aromatic nitrogens is 2. The summed E-state index contributed by atoms with van der Waals surface area (Å²) in [7, 11) is 0. The molecule has 8 nitrogen and oxygen atoms in total. The van der Waals surface area contributed by atoms with Gasteiger partial charge in [0.25, 0.3) is 0 Å². The largest absolute Gasteiger partial charge is 0.486 e. The summed E-state index contributed by atoms with van der Waals surface area (Å²) in [4.78, 5) is 17.7. The molecular weight excluding hydrogens is 264 g/mol. The number of ether oxygens (including phenoxy) is 2. The van der Waals surface area contributed by atoms with Gasteiger partial charge in [0.1, 0.15) is 25.6 Å². The summed E-state index contributed by atoms with van der Waals surface area (Å²) in [5, 5.41) is 13.4. The van der Waals surface area contributed by atoms with Crippen molar-refractivity contribution in [1.82, 2.24) is 9.97 Å². The Labute approximate surface area is 113 Å². The number of nitrogens with one attached hydrogen (secondary N) is 1. The first-order valence-electron chi connectivity index (χ1n) is 5.85. The molecule has 0 amide bonds. The minimum Gasteiger partial charge on any atom is -0.486 e. The van der Waals surface area contributed by atoms with E-state index in [4.69, 9.17) is 9.47 Å². The van der Waals surface area contributed by atoms with Gasteiger partial charge in [-0.25, -0.2) is 9.97 Å². The van der Waals surface area contributed by atoms with Gasteiger partial charge in [-0.05, 0) is 12.1 Å². The molecular formula is C12H10N4O4. The maximum Gasteiger partial charge on any atom is 0.305 e. The first-order chi connectivity index (χ1) is 9.72. The molecule has 0 unspecified atom stereocenters. The third-order valence-electron chi connectivity index (χ3n) is 2.65.